The van der Waals surface area contributed by atoms with Crippen molar-refractivity contribution >= 4 is 33.8 Å². The summed E-state index contributed by atoms with van der Waals surface area (Å²) < 4.78 is 16.1. The zero-order chi connectivity index (χ0) is 23.2. The van der Waals surface area contributed by atoms with Gasteiger partial charge in [0.05, 0.1) is 29.6 Å². The Morgan fingerprint density at radius 1 is 0.765 bits per heavy atom. The molecule has 0 unspecified atom stereocenters. The van der Waals surface area contributed by atoms with Gasteiger partial charge in [0.25, 0.3) is 0 Å². The van der Waals surface area contributed by atoms with E-state index in [0.717, 1.165) is 43.5 Å². The minimum absolute atomic E-state index is 0.494. The first-order valence-electron chi connectivity index (χ1n) is 10.9. The van der Waals surface area contributed by atoms with Gasteiger partial charge in [-0.2, -0.15) is 0 Å². The van der Waals surface area contributed by atoms with E-state index in [1.165, 1.54) is 0 Å². The largest absolute Gasteiger partial charge is 0.491 e. The lowest BCUT2D eigenvalue weighted by Crippen LogP contribution is -2.09. The van der Waals surface area contributed by atoms with Crippen LogP contribution in [0.1, 0.15) is 0 Å². The average Bonchev–Trinajstić information content (AvgIpc) is 3.60. The van der Waals surface area contributed by atoms with Gasteiger partial charge < -0.3 is 14.2 Å². The Morgan fingerprint density at radius 3 is 2.15 bits per heavy atom. The lowest BCUT2D eigenvalue weighted by atomic mass is 10.1. The molecule has 5 rings (SSSR count). The molecule has 0 saturated heterocycles. The summed E-state index contributed by atoms with van der Waals surface area (Å²) in [5, 5.41) is 4.11. The molecule has 0 amide bonds. The van der Waals surface area contributed by atoms with Crippen LogP contribution in [0.4, 0.5) is 0 Å². The van der Waals surface area contributed by atoms with Gasteiger partial charge in [0.1, 0.15) is 29.3 Å². The van der Waals surface area contributed by atoms with Gasteiger partial charge in [-0.25, -0.2) is 15.0 Å². The third kappa shape index (κ3) is 5.15. The number of ether oxygens (including phenoxy) is 3. The first kappa shape index (κ1) is 22.6. The molecule has 0 N–H and O–H groups in total. The minimum Gasteiger partial charge on any atom is -0.491 e. The smallest absolute Gasteiger partial charge is 0.178 e. The quantitative estimate of drug-likeness (QED) is 0.218. The second-order valence-electron chi connectivity index (χ2n) is 7.42. The van der Waals surface area contributed by atoms with Crippen molar-refractivity contribution < 1.29 is 14.2 Å². The van der Waals surface area contributed by atoms with Crippen molar-refractivity contribution in [2.45, 2.75) is 0 Å². The van der Waals surface area contributed by atoms with Gasteiger partial charge in [0.2, 0.25) is 0 Å². The maximum Gasteiger partial charge on any atom is 0.178 e. The summed E-state index contributed by atoms with van der Waals surface area (Å²) in [6.45, 7) is 2.18. The zero-order valence-corrected chi connectivity index (χ0v) is 20.3. The number of nitrogens with zero attached hydrogens (tertiary/aromatic N) is 3. The summed E-state index contributed by atoms with van der Waals surface area (Å²) >= 11 is 3.32. The monoisotopic (exact) mass is 489 g/mol. The van der Waals surface area contributed by atoms with Crippen molar-refractivity contribution in [3.63, 3.8) is 0 Å². The maximum absolute atomic E-state index is 5.75. The highest BCUT2D eigenvalue weighted by molar-refractivity contribution is 7.14. The fourth-order valence-corrected chi connectivity index (χ4v) is 4.91. The molecule has 0 radical (unpaired) electrons. The molecule has 8 heteroatoms. The van der Waals surface area contributed by atoms with E-state index >= 15 is 0 Å². The van der Waals surface area contributed by atoms with Gasteiger partial charge in [0.15, 0.2) is 5.65 Å². The normalized spacial score (nSPS) is 11.2. The second kappa shape index (κ2) is 10.8. The lowest BCUT2D eigenvalue weighted by molar-refractivity contribution is 0.0544. The second-order valence-corrected chi connectivity index (χ2v) is 9.32. The summed E-state index contributed by atoms with van der Waals surface area (Å²) in [6, 6.07) is 18.2. The molecule has 5 aromatic rings. The highest BCUT2D eigenvalue weighted by atomic mass is 32.1. The van der Waals surface area contributed by atoms with Gasteiger partial charge in [-0.05, 0) is 46.7 Å². The number of hydrogen-bond acceptors (Lipinski definition) is 8. The van der Waals surface area contributed by atoms with Crippen LogP contribution >= 0.6 is 22.7 Å². The molecule has 0 bridgehead atoms. The van der Waals surface area contributed by atoms with E-state index in [4.69, 9.17) is 24.2 Å². The van der Waals surface area contributed by atoms with E-state index < -0.39 is 0 Å². The van der Waals surface area contributed by atoms with E-state index in [2.05, 4.69) is 27.9 Å². The molecule has 6 nitrogen and oxygen atoms in total. The molecule has 0 aliphatic carbocycles. The van der Waals surface area contributed by atoms with Crippen LogP contribution in [0.2, 0.25) is 0 Å². The fourth-order valence-electron chi connectivity index (χ4n) is 3.48. The van der Waals surface area contributed by atoms with E-state index in [-0.39, 0.29) is 0 Å². The molecule has 4 aromatic heterocycles. The Balaban J connectivity index is 1.38. The SMILES string of the molecule is COCCOCCOc1ccc(-c2cnc3nc(-c4cccs4)c(-c4cccs4)nc3c2)cc1. The highest BCUT2D eigenvalue weighted by Gasteiger charge is 2.16. The summed E-state index contributed by atoms with van der Waals surface area (Å²) in [4.78, 5) is 16.7. The molecule has 0 aliphatic heterocycles. The number of thiophene rings is 2. The third-order valence-electron chi connectivity index (χ3n) is 5.15. The Bertz CT molecular complexity index is 1340. The van der Waals surface area contributed by atoms with Gasteiger partial charge in [-0.1, -0.05) is 24.3 Å². The predicted octanol–water partition coefficient (Wildman–Crippen LogP) is 6.19. The third-order valence-corrected chi connectivity index (χ3v) is 6.90. The molecule has 0 fully saturated rings. The van der Waals surface area contributed by atoms with Crippen LogP contribution in [0.5, 0.6) is 5.75 Å². The number of aromatic nitrogens is 3. The molecular weight excluding hydrogens is 466 g/mol. The first-order valence-corrected chi connectivity index (χ1v) is 12.6. The predicted molar refractivity (Wildman–Crippen MR) is 138 cm³/mol. The molecule has 172 valence electrons. The Hall–Kier alpha value is -3.17. The number of methoxy groups -OCH3 is 1. The van der Waals surface area contributed by atoms with Gasteiger partial charge >= 0.3 is 0 Å². The molecule has 1 aromatic carbocycles. The van der Waals surface area contributed by atoms with E-state index in [9.17, 15) is 0 Å². The van der Waals surface area contributed by atoms with Crippen LogP contribution in [0.3, 0.4) is 0 Å². The summed E-state index contributed by atoms with van der Waals surface area (Å²) in [7, 11) is 1.66. The van der Waals surface area contributed by atoms with Crippen molar-refractivity contribution in [3.05, 3.63) is 71.6 Å². The number of rotatable bonds is 10. The van der Waals surface area contributed by atoms with Crippen LogP contribution in [0.25, 0.3) is 43.4 Å². The van der Waals surface area contributed by atoms with Crippen LogP contribution in [0.15, 0.2) is 71.6 Å². The number of fused-ring (bicyclic) bond motifs is 1. The van der Waals surface area contributed by atoms with E-state index in [1.54, 1.807) is 29.8 Å². The van der Waals surface area contributed by atoms with Crippen molar-refractivity contribution in [2.24, 2.45) is 0 Å². The maximum atomic E-state index is 5.75. The van der Waals surface area contributed by atoms with Gasteiger partial charge in [0, 0.05) is 18.9 Å². The van der Waals surface area contributed by atoms with Gasteiger partial charge in [-0.3, -0.25) is 0 Å². The molecule has 0 saturated carbocycles. The lowest BCUT2D eigenvalue weighted by Gasteiger charge is -2.10. The first-order chi connectivity index (χ1) is 16.8. The standard InChI is InChI=1S/C26H23N3O3S2/c1-30-10-11-31-12-13-32-20-8-6-18(7-9-20)19-16-21-26(27-17-19)29-25(23-5-3-15-34-23)24(28-21)22-4-2-14-33-22/h2-9,14-17H,10-13H2,1H3. The van der Waals surface area contributed by atoms with Crippen molar-refractivity contribution in [1.29, 1.82) is 0 Å². The molecule has 0 spiro atoms. The van der Waals surface area contributed by atoms with Crippen LogP contribution in [-0.4, -0.2) is 48.5 Å². The van der Waals surface area contributed by atoms with Crippen molar-refractivity contribution in [3.8, 4) is 38.0 Å². The van der Waals surface area contributed by atoms with Gasteiger partial charge in [-0.15, -0.1) is 22.7 Å². The topological polar surface area (TPSA) is 66.4 Å². The molecule has 34 heavy (non-hydrogen) atoms. The summed E-state index contributed by atoms with van der Waals surface area (Å²) in [6.07, 6.45) is 1.85. The minimum atomic E-state index is 0.494. The average molecular weight is 490 g/mol. The number of pyridine rings is 1. The fraction of sp³-hybridized carbons (Fsp3) is 0.192. The summed E-state index contributed by atoms with van der Waals surface area (Å²) in [5.74, 6) is 0.799. The zero-order valence-electron chi connectivity index (χ0n) is 18.6. The van der Waals surface area contributed by atoms with Crippen LogP contribution < -0.4 is 4.74 Å². The summed E-state index contributed by atoms with van der Waals surface area (Å²) in [5.41, 5.74) is 5.20. The van der Waals surface area contributed by atoms with E-state index in [1.807, 2.05) is 48.7 Å². The molecular formula is C26H23N3O3S2. The van der Waals surface area contributed by atoms with E-state index in [0.29, 0.717) is 32.1 Å². The molecule has 0 aliphatic rings. The molecule has 0 atom stereocenters. The molecule has 4 heterocycles. The van der Waals surface area contributed by atoms with Crippen LogP contribution in [0, 0.1) is 0 Å². The number of hydrogen-bond donors (Lipinski definition) is 0. The Kier molecular flexibility index (Phi) is 7.21. The van der Waals surface area contributed by atoms with Crippen molar-refractivity contribution in [1.82, 2.24) is 15.0 Å². The Labute approximate surface area is 205 Å². The highest BCUT2D eigenvalue weighted by Crippen LogP contribution is 2.35. The Morgan fingerprint density at radius 2 is 1.47 bits per heavy atom. The number of benzene rings is 1. The van der Waals surface area contributed by atoms with Crippen LogP contribution in [-0.2, 0) is 9.47 Å². The van der Waals surface area contributed by atoms with Crippen molar-refractivity contribution in [2.75, 3.05) is 33.5 Å².